The van der Waals surface area contributed by atoms with Crippen LogP contribution in [-0.2, 0) is 23.5 Å². The van der Waals surface area contributed by atoms with E-state index in [4.69, 9.17) is 13.9 Å². The van der Waals surface area contributed by atoms with E-state index in [1.54, 1.807) is 0 Å². The highest BCUT2D eigenvalue weighted by molar-refractivity contribution is 6.99. The number of benzene rings is 2. The van der Waals surface area contributed by atoms with Crippen LogP contribution in [-0.4, -0.2) is 39.1 Å². The Bertz CT molecular complexity index is 1230. The fourth-order valence-electron chi connectivity index (χ4n) is 8.99. The second kappa shape index (κ2) is 12.7. The molecular weight excluding hydrogens is 552 g/mol. The molecule has 0 amide bonds. The molecule has 3 fully saturated rings. The molecule has 5 rings (SSSR count). The molecule has 43 heavy (non-hydrogen) atoms. The van der Waals surface area contributed by atoms with Gasteiger partial charge in [-0.05, 0) is 83.5 Å². The van der Waals surface area contributed by atoms with Gasteiger partial charge < -0.3 is 13.9 Å². The molecule has 0 N–H and O–H groups in total. The fraction of sp³-hybridized carbons (Fsp3) is 0.568. The van der Waals surface area contributed by atoms with Crippen LogP contribution in [0.25, 0.3) is 0 Å². The van der Waals surface area contributed by atoms with E-state index in [9.17, 15) is 9.59 Å². The second-order valence-electron chi connectivity index (χ2n) is 14.4. The number of carbonyl (C=O) groups excluding carboxylic acids is 2. The summed E-state index contributed by atoms with van der Waals surface area (Å²) in [5.41, 5.74) is 0.162. The van der Waals surface area contributed by atoms with Crippen LogP contribution in [0.4, 0.5) is 0 Å². The SMILES string of the molecule is C=CC1CC[C@@]23CC[C@@H](C)[C@H]([C@@H]2[C@@H](O[Si](c2ccccc2)(c2ccccc2)C(C)(C)C)CC3)[C@@H](OC(=O)COC(C)=O)C1. The fourth-order valence-corrected chi connectivity index (χ4v) is 13.7. The largest absolute Gasteiger partial charge is 0.460 e. The van der Waals surface area contributed by atoms with Gasteiger partial charge in [0.1, 0.15) is 6.10 Å². The summed E-state index contributed by atoms with van der Waals surface area (Å²) in [6.07, 6.45) is 9.28. The minimum absolute atomic E-state index is 0.0639. The molecule has 2 aromatic carbocycles. The molecule has 6 heteroatoms. The minimum atomic E-state index is -2.77. The van der Waals surface area contributed by atoms with E-state index in [0.717, 1.165) is 38.5 Å². The van der Waals surface area contributed by atoms with Crippen LogP contribution in [0.15, 0.2) is 73.3 Å². The summed E-state index contributed by atoms with van der Waals surface area (Å²) in [6, 6.07) is 21.8. The maximum atomic E-state index is 13.0. The highest BCUT2D eigenvalue weighted by atomic mass is 28.4. The lowest BCUT2D eigenvalue weighted by Crippen LogP contribution is -2.68. The number of hydrogen-bond donors (Lipinski definition) is 0. The van der Waals surface area contributed by atoms with Gasteiger partial charge in [-0.2, -0.15) is 0 Å². The molecule has 0 aliphatic heterocycles. The molecular formula is C37H50O5Si. The van der Waals surface area contributed by atoms with Crippen molar-refractivity contribution < 1.29 is 23.5 Å². The average molecular weight is 603 g/mol. The number of carbonyl (C=O) groups is 2. The minimum Gasteiger partial charge on any atom is -0.460 e. The summed E-state index contributed by atoms with van der Waals surface area (Å²) in [7, 11) is -2.77. The van der Waals surface area contributed by atoms with Gasteiger partial charge in [0.2, 0.25) is 0 Å². The van der Waals surface area contributed by atoms with Crippen molar-refractivity contribution in [2.24, 2.45) is 29.1 Å². The molecule has 0 aromatic heterocycles. The van der Waals surface area contributed by atoms with Crippen molar-refractivity contribution in [1.29, 1.82) is 0 Å². The topological polar surface area (TPSA) is 61.8 Å². The molecule has 0 spiro atoms. The van der Waals surface area contributed by atoms with Gasteiger partial charge in [0, 0.05) is 18.9 Å². The van der Waals surface area contributed by atoms with E-state index in [1.165, 1.54) is 23.7 Å². The third-order valence-corrected chi connectivity index (χ3v) is 16.0. The molecule has 0 radical (unpaired) electrons. The van der Waals surface area contributed by atoms with Gasteiger partial charge in [-0.1, -0.05) is 94.4 Å². The summed E-state index contributed by atoms with van der Waals surface area (Å²) in [4.78, 5) is 24.5. The van der Waals surface area contributed by atoms with Crippen molar-refractivity contribution in [3.63, 3.8) is 0 Å². The van der Waals surface area contributed by atoms with Gasteiger partial charge in [-0.25, -0.2) is 4.79 Å². The van der Waals surface area contributed by atoms with Gasteiger partial charge >= 0.3 is 11.9 Å². The van der Waals surface area contributed by atoms with Crippen molar-refractivity contribution in [1.82, 2.24) is 0 Å². The molecule has 0 heterocycles. The molecule has 7 atom stereocenters. The van der Waals surface area contributed by atoms with Crippen LogP contribution < -0.4 is 10.4 Å². The van der Waals surface area contributed by atoms with Gasteiger partial charge in [0.05, 0.1) is 0 Å². The summed E-state index contributed by atoms with van der Waals surface area (Å²) >= 11 is 0. The Kier molecular flexibility index (Phi) is 9.39. The maximum Gasteiger partial charge on any atom is 0.344 e. The highest BCUT2D eigenvalue weighted by Gasteiger charge is 2.61. The van der Waals surface area contributed by atoms with Gasteiger partial charge in [0.25, 0.3) is 8.32 Å². The number of ether oxygens (including phenoxy) is 2. The van der Waals surface area contributed by atoms with E-state index in [2.05, 4.69) is 101 Å². The molecule has 2 aromatic rings. The maximum absolute atomic E-state index is 13.0. The second-order valence-corrected chi connectivity index (χ2v) is 18.7. The lowest BCUT2D eigenvalue weighted by atomic mass is 9.54. The molecule has 3 aliphatic carbocycles. The lowest BCUT2D eigenvalue weighted by Gasteiger charge is -2.54. The smallest absolute Gasteiger partial charge is 0.344 e. The first-order valence-corrected chi connectivity index (χ1v) is 18.2. The number of esters is 2. The third kappa shape index (κ3) is 6.15. The van der Waals surface area contributed by atoms with E-state index in [0.29, 0.717) is 5.92 Å². The van der Waals surface area contributed by atoms with Gasteiger partial charge in [-0.15, -0.1) is 6.58 Å². The molecule has 3 aliphatic rings. The van der Waals surface area contributed by atoms with Crippen LogP contribution in [0.2, 0.25) is 5.04 Å². The molecule has 2 bridgehead atoms. The van der Waals surface area contributed by atoms with Crippen LogP contribution in [0, 0.1) is 29.1 Å². The number of rotatable bonds is 8. The number of hydrogen-bond acceptors (Lipinski definition) is 5. The summed E-state index contributed by atoms with van der Waals surface area (Å²) in [5.74, 6) is 0.191. The quantitative estimate of drug-likeness (QED) is 0.188. The lowest BCUT2D eigenvalue weighted by molar-refractivity contribution is -0.172. The van der Waals surface area contributed by atoms with Crippen molar-refractivity contribution in [3.05, 3.63) is 73.3 Å². The molecule has 5 nitrogen and oxygen atoms in total. The summed E-state index contributed by atoms with van der Waals surface area (Å²) in [5, 5.41) is 2.49. The van der Waals surface area contributed by atoms with E-state index in [-0.39, 0.29) is 47.0 Å². The average Bonchev–Trinajstić information content (AvgIpc) is 3.33. The third-order valence-electron chi connectivity index (χ3n) is 10.9. The monoisotopic (exact) mass is 602 g/mol. The van der Waals surface area contributed by atoms with Crippen LogP contribution in [0.3, 0.4) is 0 Å². The van der Waals surface area contributed by atoms with E-state index < -0.39 is 20.3 Å². The Morgan fingerprint density at radius 2 is 1.51 bits per heavy atom. The Morgan fingerprint density at radius 1 is 0.930 bits per heavy atom. The Labute approximate surface area is 259 Å². The summed E-state index contributed by atoms with van der Waals surface area (Å²) < 4.78 is 19.2. The first kappa shape index (κ1) is 31.7. The first-order valence-electron chi connectivity index (χ1n) is 16.2. The van der Waals surface area contributed by atoms with E-state index in [1.807, 2.05) is 0 Å². The molecule has 0 saturated heterocycles. The highest BCUT2D eigenvalue weighted by Crippen LogP contribution is 2.62. The standard InChI is InChI=1S/C37H50O5Si/c1-7-28-19-22-37-21-18-26(2)34(32(24-28)41-33(39)25-40-27(3)38)35(37)31(20-23-37)42-43(36(4,5)6,29-14-10-8-11-15-29)30-16-12-9-13-17-30/h7-17,26,28,31-32,34-35H,1,18-25H2,2-6H3/t26-,28?,31+,32+,34+,35+,37-/m1/s1. The van der Waals surface area contributed by atoms with E-state index >= 15 is 0 Å². The summed E-state index contributed by atoms with van der Waals surface area (Å²) in [6.45, 7) is 14.5. The normalized spacial score (nSPS) is 30.8. The van der Waals surface area contributed by atoms with Crippen molar-refractivity contribution in [2.75, 3.05) is 6.61 Å². The Hall–Kier alpha value is -2.70. The zero-order chi connectivity index (χ0) is 30.8. The van der Waals surface area contributed by atoms with Crippen molar-refractivity contribution in [2.45, 2.75) is 96.8 Å². The predicted molar refractivity (Wildman–Crippen MR) is 174 cm³/mol. The van der Waals surface area contributed by atoms with Crippen molar-refractivity contribution in [3.8, 4) is 0 Å². The molecule has 1 unspecified atom stereocenters. The number of allylic oxidation sites excluding steroid dienone is 1. The Balaban J connectivity index is 1.59. The molecule has 232 valence electrons. The zero-order valence-electron chi connectivity index (χ0n) is 26.7. The Morgan fingerprint density at radius 3 is 2.07 bits per heavy atom. The van der Waals surface area contributed by atoms with Crippen LogP contribution in [0.5, 0.6) is 0 Å². The van der Waals surface area contributed by atoms with Crippen LogP contribution >= 0.6 is 0 Å². The van der Waals surface area contributed by atoms with Gasteiger partial charge in [0.15, 0.2) is 6.61 Å². The predicted octanol–water partition coefficient (Wildman–Crippen LogP) is 6.84. The van der Waals surface area contributed by atoms with Crippen molar-refractivity contribution >= 4 is 30.6 Å². The zero-order valence-corrected chi connectivity index (χ0v) is 27.7. The first-order chi connectivity index (χ1) is 20.5. The molecule has 3 saturated carbocycles. The van der Waals surface area contributed by atoms with Crippen LogP contribution in [0.1, 0.15) is 79.6 Å². The van der Waals surface area contributed by atoms with Gasteiger partial charge in [-0.3, -0.25) is 4.79 Å².